The van der Waals surface area contributed by atoms with Gasteiger partial charge in [-0.3, -0.25) is 14.7 Å². The van der Waals surface area contributed by atoms with Gasteiger partial charge < -0.3 is 9.84 Å². The average Bonchev–Trinajstić information content (AvgIpc) is 3.40. The van der Waals surface area contributed by atoms with Gasteiger partial charge in [-0.1, -0.05) is 50.1 Å². The number of hydrogen-bond donors (Lipinski definition) is 1. The smallest absolute Gasteiger partial charge is 0.347 e. The van der Waals surface area contributed by atoms with Gasteiger partial charge in [-0.05, 0) is 75.1 Å². The van der Waals surface area contributed by atoms with Crippen LogP contribution in [-0.2, 0) is 16.1 Å². The van der Waals surface area contributed by atoms with Crippen LogP contribution < -0.4 is 4.74 Å². The number of carboxylic acids is 1. The van der Waals surface area contributed by atoms with Gasteiger partial charge in [0, 0.05) is 16.2 Å². The number of carbonyl (C=O) groups is 2. The lowest BCUT2D eigenvalue weighted by Crippen LogP contribution is -2.40. The van der Waals surface area contributed by atoms with Gasteiger partial charge in [-0.15, -0.1) is 0 Å². The molecule has 0 unspecified atom stereocenters. The van der Waals surface area contributed by atoms with E-state index in [9.17, 15) is 14.7 Å². The van der Waals surface area contributed by atoms with Crippen molar-refractivity contribution in [1.29, 1.82) is 0 Å². The van der Waals surface area contributed by atoms with Crippen LogP contribution in [0.1, 0.15) is 71.3 Å². The average molecular weight is 495 g/mol. The molecule has 0 atom stereocenters. The van der Waals surface area contributed by atoms with E-state index in [1.54, 1.807) is 23.9 Å². The van der Waals surface area contributed by atoms with Crippen molar-refractivity contribution in [2.45, 2.75) is 93.2 Å². The van der Waals surface area contributed by atoms with Gasteiger partial charge in [-0.25, -0.2) is 4.79 Å². The highest BCUT2D eigenvalue weighted by molar-refractivity contribution is 7.99. The molecule has 35 heavy (non-hydrogen) atoms. The molecule has 0 saturated heterocycles. The Morgan fingerprint density at radius 3 is 2.26 bits per heavy atom. The van der Waals surface area contributed by atoms with Gasteiger partial charge in [0.1, 0.15) is 17.1 Å². The van der Waals surface area contributed by atoms with E-state index in [4.69, 9.17) is 9.73 Å². The van der Waals surface area contributed by atoms with E-state index >= 15 is 0 Å². The van der Waals surface area contributed by atoms with Gasteiger partial charge in [-0.2, -0.15) is 0 Å². The first kappa shape index (κ1) is 25.3. The molecule has 1 saturated carbocycles. The van der Waals surface area contributed by atoms with Crippen LogP contribution in [0.3, 0.4) is 0 Å². The van der Waals surface area contributed by atoms with E-state index in [0.717, 1.165) is 66.1 Å². The van der Waals surface area contributed by atoms with Crippen LogP contribution in [0, 0.1) is 0 Å². The molecule has 1 aliphatic heterocycles. The molecular weight excluding hydrogens is 460 g/mol. The molecule has 1 N–H and O–H groups in total. The number of amides is 1. The van der Waals surface area contributed by atoms with Crippen molar-refractivity contribution >= 4 is 29.5 Å². The first-order valence-corrected chi connectivity index (χ1v) is 13.2. The Hall–Kier alpha value is -2.80. The number of rotatable bonds is 10. The van der Waals surface area contributed by atoms with Crippen LogP contribution in [0.5, 0.6) is 5.75 Å². The Labute approximate surface area is 211 Å². The molecule has 0 aromatic heterocycles. The molecule has 1 fully saturated rings. The molecule has 1 heterocycles. The summed E-state index contributed by atoms with van der Waals surface area (Å²) < 4.78 is 5.57. The van der Waals surface area contributed by atoms with E-state index in [-0.39, 0.29) is 5.91 Å². The number of amidine groups is 1. The fraction of sp³-hybridized carbons (Fsp3) is 0.464. The van der Waals surface area contributed by atoms with Gasteiger partial charge in [0.15, 0.2) is 5.60 Å². The second-order valence-electron chi connectivity index (χ2n) is 9.90. The van der Waals surface area contributed by atoms with Crippen LogP contribution in [0.25, 0.3) is 0 Å². The summed E-state index contributed by atoms with van der Waals surface area (Å²) in [5, 5.41) is 9.23. The molecule has 7 heteroatoms. The molecule has 4 rings (SSSR count). The molecule has 0 bridgehead atoms. The fourth-order valence-electron chi connectivity index (χ4n) is 4.59. The lowest BCUT2D eigenvalue weighted by molar-refractivity contribution is -0.152. The van der Waals surface area contributed by atoms with Crippen molar-refractivity contribution in [2.75, 3.05) is 0 Å². The predicted molar refractivity (Wildman–Crippen MR) is 138 cm³/mol. The Bertz CT molecular complexity index is 1090. The molecule has 1 amide bonds. The summed E-state index contributed by atoms with van der Waals surface area (Å²) in [6.07, 6.45) is 6.93. The van der Waals surface area contributed by atoms with Crippen LogP contribution in [-0.4, -0.2) is 38.9 Å². The third-order valence-electron chi connectivity index (χ3n) is 6.69. The Morgan fingerprint density at radius 1 is 1.09 bits per heavy atom. The summed E-state index contributed by atoms with van der Waals surface area (Å²) in [6.45, 7) is 5.79. The molecule has 186 valence electrons. The van der Waals surface area contributed by atoms with E-state index in [1.807, 2.05) is 17.0 Å². The lowest BCUT2D eigenvalue weighted by Gasteiger charge is -2.22. The van der Waals surface area contributed by atoms with Crippen LogP contribution in [0.15, 0.2) is 63.3 Å². The fourth-order valence-corrected chi connectivity index (χ4v) is 5.41. The van der Waals surface area contributed by atoms with Crippen molar-refractivity contribution in [3.05, 3.63) is 54.1 Å². The molecule has 2 aliphatic rings. The van der Waals surface area contributed by atoms with Crippen LogP contribution in [0.2, 0.25) is 0 Å². The summed E-state index contributed by atoms with van der Waals surface area (Å²) in [7, 11) is 0. The summed E-state index contributed by atoms with van der Waals surface area (Å²) >= 11 is 1.62. The number of hydrogen-bond acceptors (Lipinski definition) is 5. The Kier molecular flexibility index (Phi) is 7.55. The molecule has 1 spiro atoms. The minimum Gasteiger partial charge on any atom is -0.478 e. The third kappa shape index (κ3) is 5.72. The Morgan fingerprint density at radius 2 is 1.69 bits per heavy atom. The summed E-state index contributed by atoms with van der Waals surface area (Å²) in [5.74, 6) is 0.667. The SMILES string of the molecule is CCCCC1=NC2(CCCC2)C(=O)N1Cc1ccc(Sc2ccc(OC(C)(C)C(=O)O)cc2)cc1. The molecule has 6 nitrogen and oxygen atoms in total. The minimum absolute atomic E-state index is 0.188. The highest BCUT2D eigenvalue weighted by atomic mass is 32.2. The second kappa shape index (κ2) is 10.4. The monoisotopic (exact) mass is 494 g/mol. The maximum absolute atomic E-state index is 13.3. The van der Waals surface area contributed by atoms with E-state index in [0.29, 0.717) is 12.3 Å². The number of nitrogens with zero attached hydrogens (tertiary/aromatic N) is 2. The van der Waals surface area contributed by atoms with E-state index in [1.165, 1.54) is 13.8 Å². The van der Waals surface area contributed by atoms with Crippen molar-refractivity contribution in [3.63, 3.8) is 0 Å². The maximum Gasteiger partial charge on any atom is 0.347 e. The standard InChI is InChI=1S/C28H34N2O4S/c1-4-5-8-24-29-28(17-6-7-18-28)25(31)30(24)19-20-9-13-22(14-10-20)35-23-15-11-21(12-16-23)34-27(2,3)26(32)33/h9-16H,4-8,17-19H2,1-3H3,(H,32,33). The predicted octanol–water partition coefficient (Wildman–Crippen LogP) is 6.32. The molecular formula is C28H34N2O4S. The quantitative estimate of drug-likeness (QED) is 0.418. The zero-order valence-corrected chi connectivity index (χ0v) is 21.6. The number of aliphatic imine (C=N–C) groups is 1. The molecule has 0 radical (unpaired) electrons. The molecule has 1 aliphatic carbocycles. The van der Waals surface area contributed by atoms with Gasteiger partial charge in [0.05, 0.1) is 6.54 Å². The minimum atomic E-state index is -1.28. The first-order valence-electron chi connectivity index (χ1n) is 12.4. The lowest BCUT2D eigenvalue weighted by atomic mass is 9.98. The maximum atomic E-state index is 13.3. The van der Waals surface area contributed by atoms with Crippen molar-refractivity contribution in [2.24, 2.45) is 4.99 Å². The highest BCUT2D eigenvalue weighted by Crippen LogP contribution is 2.40. The second-order valence-corrected chi connectivity index (χ2v) is 11.0. The van der Waals surface area contributed by atoms with E-state index < -0.39 is 17.1 Å². The highest BCUT2D eigenvalue weighted by Gasteiger charge is 2.49. The number of benzene rings is 2. The van der Waals surface area contributed by atoms with Crippen molar-refractivity contribution in [1.82, 2.24) is 4.90 Å². The number of carboxylic acid groups (broad SMARTS) is 1. The molecule has 2 aromatic carbocycles. The number of ether oxygens (including phenoxy) is 1. The van der Waals surface area contributed by atoms with Crippen LogP contribution >= 0.6 is 11.8 Å². The zero-order valence-electron chi connectivity index (χ0n) is 20.8. The largest absolute Gasteiger partial charge is 0.478 e. The van der Waals surface area contributed by atoms with Crippen molar-refractivity contribution < 1.29 is 19.4 Å². The topological polar surface area (TPSA) is 79.2 Å². The first-order chi connectivity index (χ1) is 16.7. The van der Waals surface area contributed by atoms with Gasteiger partial charge in [0.2, 0.25) is 0 Å². The van der Waals surface area contributed by atoms with Crippen LogP contribution in [0.4, 0.5) is 0 Å². The Balaban J connectivity index is 1.39. The number of carbonyl (C=O) groups excluding carboxylic acids is 1. The van der Waals surface area contributed by atoms with Crippen molar-refractivity contribution in [3.8, 4) is 5.75 Å². The van der Waals surface area contributed by atoms with Gasteiger partial charge in [0.25, 0.3) is 5.91 Å². The number of aliphatic carboxylic acids is 1. The summed E-state index contributed by atoms with van der Waals surface area (Å²) in [6, 6.07) is 15.7. The van der Waals surface area contributed by atoms with E-state index in [2.05, 4.69) is 31.2 Å². The molecule has 2 aromatic rings. The zero-order chi connectivity index (χ0) is 25.1. The normalized spacial score (nSPS) is 17.2. The third-order valence-corrected chi connectivity index (χ3v) is 7.71. The van der Waals surface area contributed by atoms with Gasteiger partial charge >= 0.3 is 5.97 Å². The number of unbranched alkanes of at least 4 members (excludes halogenated alkanes) is 1. The summed E-state index contributed by atoms with van der Waals surface area (Å²) in [4.78, 5) is 33.6. The summed E-state index contributed by atoms with van der Waals surface area (Å²) in [5.41, 5.74) is -0.671.